The number of benzene rings is 2. The topological polar surface area (TPSA) is 87.8 Å². The smallest absolute Gasteiger partial charge is 0.231 e. The van der Waals surface area contributed by atoms with E-state index in [1.165, 1.54) is 5.56 Å². The quantitative estimate of drug-likeness (QED) is 0.493. The van der Waals surface area contributed by atoms with Crippen molar-refractivity contribution in [1.82, 2.24) is 19.9 Å². The molecule has 0 fully saturated rings. The van der Waals surface area contributed by atoms with Crippen LogP contribution in [0.25, 0.3) is 11.2 Å². The zero-order chi connectivity index (χ0) is 17.8. The highest BCUT2D eigenvalue weighted by Crippen LogP contribution is 2.23. The van der Waals surface area contributed by atoms with E-state index in [1.54, 1.807) is 13.4 Å². The molecule has 0 amide bonds. The third-order valence-corrected chi connectivity index (χ3v) is 3.91. The lowest BCUT2D eigenvalue weighted by Gasteiger charge is -2.10. The van der Waals surface area contributed by atoms with Crippen molar-refractivity contribution >= 4 is 28.6 Å². The summed E-state index contributed by atoms with van der Waals surface area (Å²) in [6.07, 6.45) is 1.61. The van der Waals surface area contributed by atoms with E-state index in [9.17, 15) is 0 Å². The van der Waals surface area contributed by atoms with Crippen molar-refractivity contribution in [2.24, 2.45) is 0 Å². The Morgan fingerprint density at radius 2 is 1.92 bits per heavy atom. The molecule has 0 atom stereocenters. The summed E-state index contributed by atoms with van der Waals surface area (Å²) in [7, 11) is 1.64. The molecular formula is C19H18N6O. The normalized spacial score (nSPS) is 10.7. The fourth-order valence-electron chi connectivity index (χ4n) is 2.63. The Morgan fingerprint density at radius 3 is 2.77 bits per heavy atom. The van der Waals surface area contributed by atoms with E-state index in [0.29, 0.717) is 24.0 Å². The van der Waals surface area contributed by atoms with Crippen LogP contribution in [-0.4, -0.2) is 27.0 Å². The lowest BCUT2D eigenvalue weighted by molar-refractivity contribution is 0.415. The van der Waals surface area contributed by atoms with Gasteiger partial charge in [-0.25, -0.2) is 4.98 Å². The van der Waals surface area contributed by atoms with Crippen LogP contribution in [-0.2, 0) is 6.54 Å². The second-order valence-corrected chi connectivity index (χ2v) is 5.69. The van der Waals surface area contributed by atoms with Crippen molar-refractivity contribution in [2.75, 3.05) is 17.7 Å². The highest BCUT2D eigenvalue weighted by Gasteiger charge is 2.10. The number of nitrogens with zero attached hydrogens (tertiary/aromatic N) is 3. The fraction of sp³-hybridized carbons (Fsp3) is 0.105. The third-order valence-electron chi connectivity index (χ3n) is 3.91. The van der Waals surface area contributed by atoms with Crippen molar-refractivity contribution in [2.45, 2.75) is 6.54 Å². The SMILES string of the molecule is COc1cccc(Nc2nc(NCc3ccccc3)c3[nH]cnc3n2)c1. The monoisotopic (exact) mass is 346 g/mol. The molecular weight excluding hydrogens is 328 g/mol. The van der Waals surface area contributed by atoms with Crippen LogP contribution < -0.4 is 15.4 Å². The highest BCUT2D eigenvalue weighted by atomic mass is 16.5. The second-order valence-electron chi connectivity index (χ2n) is 5.69. The molecule has 130 valence electrons. The number of imidazole rings is 1. The summed E-state index contributed by atoms with van der Waals surface area (Å²) < 4.78 is 5.25. The van der Waals surface area contributed by atoms with Gasteiger partial charge >= 0.3 is 0 Å². The molecule has 2 aromatic heterocycles. The van der Waals surface area contributed by atoms with Gasteiger partial charge in [-0.2, -0.15) is 9.97 Å². The van der Waals surface area contributed by atoms with Crippen molar-refractivity contribution in [1.29, 1.82) is 0 Å². The molecule has 0 spiro atoms. The van der Waals surface area contributed by atoms with Gasteiger partial charge in [-0.15, -0.1) is 0 Å². The number of methoxy groups -OCH3 is 1. The summed E-state index contributed by atoms with van der Waals surface area (Å²) in [5.41, 5.74) is 3.38. The molecule has 0 saturated heterocycles. The van der Waals surface area contributed by atoms with Crippen LogP contribution in [0.15, 0.2) is 60.9 Å². The first-order valence-corrected chi connectivity index (χ1v) is 8.22. The van der Waals surface area contributed by atoms with Gasteiger partial charge in [0, 0.05) is 18.3 Å². The molecule has 0 aliphatic rings. The number of aromatic nitrogens is 4. The van der Waals surface area contributed by atoms with Crippen molar-refractivity contribution in [3.63, 3.8) is 0 Å². The Kier molecular flexibility index (Phi) is 4.34. The van der Waals surface area contributed by atoms with E-state index < -0.39 is 0 Å². The van der Waals surface area contributed by atoms with E-state index >= 15 is 0 Å². The van der Waals surface area contributed by atoms with Crippen LogP contribution in [0.4, 0.5) is 17.5 Å². The summed E-state index contributed by atoms with van der Waals surface area (Å²) in [5.74, 6) is 1.92. The average molecular weight is 346 g/mol. The third kappa shape index (κ3) is 3.41. The summed E-state index contributed by atoms with van der Waals surface area (Å²) in [5, 5.41) is 6.55. The Morgan fingerprint density at radius 1 is 1.04 bits per heavy atom. The van der Waals surface area contributed by atoms with Crippen molar-refractivity contribution < 1.29 is 4.74 Å². The van der Waals surface area contributed by atoms with Crippen LogP contribution in [0.2, 0.25) is 0 Å². The molecule has 3 N–H and O–H groups in total. The molecule has 26 heavy (non-hydrogen) atoms. The minimum Gasteiger partial charge on any atom is -0.497 e. The van der Waals surface area contributed by atoms with Crippen LogP contribution in [0.3, 0.4) is 0 Å². The lowest BCUT2D eigenvalue weighted by atomic mass is 10.2. The van der Waals surface area contributed by atoms with E-state index in [4.69, 9.17) is 4.74 Å². The lowest BCUT2D eigenvalue weighted by Crippen LogP contribution is -2.05. The predicted octanol–water partition coefficient (Wildman–Crippen LogP) is 3.72. The Bertz CT molecular complexity index is 1010. The number of ether oxygens (including phenoxy) is 1. The molecule has 2 aromatic carbocycles. The maximum atomic E-state index is 5.25. The van der Waals surface area contributed by atoms with E-state index in [0.717, 1.165) is 17.0 Å². The van der Waals surface area contributed by atoms with Gasteiger partial charge in [-0.1, -0.05) is 36.4 Å². The molecule has 0 bridgehead atoms. The Hall–Kier alpha value is -3.61. The number of rotatable bonds is 6. The van der Waals surface area contributed by atoms with E-state index in [-0.39, 0.29) is 0 Å². The first-order valence-electron chi connectivity index (χ1n) is 8.22. The summed E-state index contributed by atoms with van der Waals surface area (Å²) >= 11 is 0. The first-order chi connectivity index (χ1) is 12.8. The maximum absolute atomic E-state index is 5.25. The molecule has 0 aliphatic carbocycles. The largest absolute Gasteiger partial charge is 0.497 e. The molecule has 7 heteroatoms. The highest BCUT2D eigenvalue weighted by molar-refractivity contribution is 5.84. The van der Waals surface area contributed by atoms with Gasteiger partial charge in [0.2, 0.25) is 5.95 Å². The van der Waals surface area contributed by atoms with Gasteiger partial charge in [-0.05, 0) is 17.7 Å². The van der Waals surface area contributed by atoms with E-state index in [1.807, 2.05) is 42.5 Å². The molecule has 0 unspecified atom stereocenters. The van der Waals surface area contributed by atoms with Crippen LogP contribution >= 0.6 is 0 Å². The number of hydrogen-bond donors (Lipinski definition) is 3. The number of hydrogen-bond acceptors (Lipinski definition) is 6. The number of anilines is 3. The van der Waals surface area contributed by atoms with Gasteiger partial charge in [0.15, 0.2) is 11.5 Å². The standard InChI is InChI=1S/C19H18N6O/c1-26-15-9-5-8-14(10-15)23-19-24-17(16-18(25-19)22-12-21-16)20-11-13-6-3-2-4-7-13/h2-10,12H,11H2,1H3,(H3,20,21,22,23,24,25). The van der Waals surface area contributed by atoms with Gasteiger partial charge in [0.05, 0.1) is 13.4 Å². The average Bonchev–Trinajstić information content (AvgIpc) is 3.16. The van der Waals surface area contributed by atoms with Gasteiger partial charge in [0.25, 0.3) is 0 Å². The van der Waals surface area contributed by atoms with E-state index in [2.05, 4.69) is 42.7 Å². The van der Waals surface area contributed by atoms with Gasteiger partial charge in [-0.3, -0.25) is 0 Å². The Labute approximate surface area is 150 Å². The van der Waals surface area contributed by atoms with Crippen LogP contribution in [0.1, 0.15) is 5.56 Å². The number of H-pyrrole nitrogens is 1. The summed E-state index contributed by atoms with van der Waals surface area (Å²) in [6.45, 7) is 0.657. The van der Waals surface area contributed by atoms with Gasteiger partial charge < -0.3 is 20.4 Å². The summed E-state index contributed by atoms with van der Waals surface area (Å²) in [4.78, 5) is 16.4. The molecule has 7 nitrogen and oxygen atoms in total. The molecule has 2 heterocycles. The molecule has 0 saturated carbocycles. The Balaban J connectivity index is 1.61. The van der Waals surface area contributed by atoms with Crippen molar-refractivity contribution in [3.8, 4) is 5.75 Å². The first kappa shape index (κ1) is 15.9. The predicted molar refractivity (Wildman–Crippen MR) is 102 cm³/mol. The minimum atomic E-state index is 0.466. The molecule has 4 rings (SSSR count). The maximum Gasteiger partial charge on any atom is 0.231 e. The second kappa shape index (κ2) is 7.10. The van der Waals surface area contributed by atoms with Gasteiger partial charge in [0.1, 0.15) is 11.3 Å². The zero-order valence-electron chi connectivity index (χ0n) is 14.2. The minimum absolute atomic E-state index is 0.466. The van der Waals surface area contributed by atoms with Crippen LogP contribution in [0, 0.1) is 0 Å². The van der Waals surface area contributed by atoms with Crippen molar-refractivity contribution in [3.05, 3.63) is 66.5 Å². The number of fused-ring (bicyclic) bond motifs is 1. The number of nitrogens with one attached hydrogen (secondary N) is 3. The fourth-order valence-corrected chi connectivity index (χ4v) is 2.63. The summed E-state index contributed by atoms with van der Waals surface area (Å²) in [6, 6.07) is 17.8. The molecule has 0 aliphatic heterocycles. The zero-order valence-corrected chi connectivity index (χ0v) is 14.2. The van der Waals surface area contributed by atoms with Crippen LogP contribution in [0.5, 0.6) is 5.75 Å². The molecule has 0 radical (unpaired) electrons. The number of aromatic amines is 1. The molecule has 4 aromatic rings.